The molecule has 3 rings (SSSR count). The molecule has 22 heavy (non-hydrogen) atoms. The number of hydrogen-bond acceptors (Lipinski definition) is 3. The Labute approximate surface area is 130 Å². The Kier molecular flexibility index (Phi) is 4.43. The summed E-state index contributed by atoms with van der Waals surface area (Å²) in [6.45, 7) is 4.13. The molecular formula is C17H24N4O. The van der Waals surface area contributed by atoms with Crippen LogP contribution in [-0.4, -0.2) is 28.5 Å². The molecule has 1 saturated heterocycles. The average molecular weight is 300 g/mol. The van der Waals surface area contributed by atoms with Crippen molar-refractivity contribution in [2.75, 3.05) is 13.1 Å². The fourth-order valence-electron chi connectivity index (χ4n) is 3.54. The van der Waals surface area contributed by atoms with Crippen LogP contribution in [0.15, 0.2) is 18.5 Å². The number of unbranched alkanes of at least 4 members (excludes halogenated alkanes) is 1. The first-order valence-electron chi connectivity index (χ1n) is 8.21. The highest BCUT2D eigenvalue weighted by Crippen LogP contribution is 2.33. The van der Waals surface area contributed by atoms with Gasteiger partial charge in [-0.3, -0.25) is 9.78 Å². The van der Waals surface area contributed by atoms with Crippen molar-refractivity contribution >= 4 is 16.8 Å². The topological polar surface area (TPSA) is 72.9 Å². The lowest BCUT2D eigenvalue weighted by atomic mass is 10.0. The zero-order valence-corrected chi connectivity index (χ0v) is 13.1. The molecule has 3 N–H and O–H groups in total. The summed E-state index contributed by atoms with van der Waals surface area (Å²) >= 11 is 0. The van der Waals surface area contributed by atoms with E-state index in [1.807, 2.05) is 12.3 Å². The molecule has 2 aromatic rings. The Hall–Kier alpha value is -1.88. The van der Waals surface area contributed by atoms with Crippen LogP contribution in [0.1, 0.15) is 54.7 Å². The van der Waals surface area contributed by atoms with E-state index >= 15 is 0 Å². The lowest BCUT2D eigenvalue weighted by Crippen LogP contribution is -2.31. The molecule has 5 nitrogen and oxygen atoms in total. The summed E-state index contributed by atoms with van der Waals surface area (Å²) in [6.07, 6.45) is 8.77. The van der Waals surface area contributed by atoms with Crippen LogP contribution in [0.5, 0.6) is 0 Å². The molecule has 0 saturated carbocycles. The van der Waals surface area contributed by atoms with Crippen LogP contribution in [0.3, 0.4) is 0 Å². The largest absolute Gasteiger partial charge is 0.364 e. The highest BCUT2D eigenvalue weighted by Gasteiger charge is 2.26. The van der Waals surface area contributed by atoms with Crippen molar-refractivity contribution in [2.24, 2.45) is 5.73 Å². The first-order valence-corrected chi connectivity index (χ1v) is 8.21. The summed E-state index contributed by atoms with van der Waals surface area (Å²) in [5.41, 5.74) is 8.64. The van der Waals surface area contributed by atoms with Gasteiger partial charge in [-0.05, 0) is 50.4 Å². The Morgan fingerprint density at radius 3 is 2.91 bits per heavy atom. The summed E-state index contributed by atoms with van der Waals surface area (Å²) in [5, 5.41) is 4.47. The van der Waals surface area contributed by atoms with E-state index in [9.17, 15) is 4.79 Å². The Morgan fingerprint density at radius 2 is 2.23 bits per heavy atom. The monoisotopic (exact) mass is 300 g/mol. The molecule has 2 aromatic heterocycles. The Balaban J connectivity index is 2.19. The molecule has 118 valence electrons. The summed E-state index contributed by atoms with van der Waals surface area (Å²) in [7, 11) is 0. The smallest absolute Gasteiger partial charge is 0.265 e. The third kappa shape index (κ3) is 2.61. The number of aryl methyl sites for hydroxylation is 1. The number of fused-ring (bicyclic) bond motifs is 1. The van der Waals surface area contributed by atoms with E-state index in [1.165, 1.54) is 0 Å². The van der Waals surface area contributed by atoms with Crippen molar-refractivity contribution in [3.8, 4) is 0 Å². The van der Waals surface area contributed by atoms with Crippen molar-refractivity contribution < 1.29 is 4.79 Å². The quantitative estimate of drug-likeness (QED) is 0.890. The van der Waals surface area contributed by atoms with Gasteiger partial charge in [-0.1, -0.05) is 13.3 Å². The number of hydrogen-bond donors (Lipinski definition) is 2. The van der Waals surface area contributed by atoms with Crippen LogP contribution in [0, 0.1) is 0 Å². The summed E-state index contributed by atoms with van der Waals surface area (Å²) < 4.78 is 2.19. The zero-order valence-electron chi connectivity index (χ0n) is 13.1. The van der Waals surface area contributed by atoms with E-state index in [-0.39, 0.29) is 5.91 Å². The third-order valence-corrected chi connectivity index (χ3v) is 4.60. The maximum absolute atomic E-state index is 12.2. The molecule has 1 amide bonds. The summed E-state index contributed by atoms with van der Waals surface area (Å²) in [6, 6.07) is 2.35. The minimum Gasteiger partial charge on any atom is -0.364 e. The minimum absolute atomic E-state index is 0.319. The van der Waals surface area contributed by atoms with Gasteiger partial charge in [0.2, 0.25) is 0 Å². The first kappa shape index (κ1) is 15.0. The molecule has 1 fully saturated rings. The Morgan fingerprint density at radius 1 is 1.45 bits per heavy atom. The molecule has 3 heterocycles. The summed E-state index contributed by atoms with van der Waals surface area (Å²) in [5.74, 6) is -0.319. The highest BCUT2D eigenvalue weighted by atomic mass is 16.1. The van der Waals surface area contributed by atoms with Crippen molar-refractivity contribution in [3.63, 3.8) is 0 Å². The van der Waals surface area contributed by atoms with Crippen molar-refractivity contribution in [3.05, 3.63) is 29.7 Å². The fraction of sp³-hybridized carbons (Fsp3) is 0.529. The molecule has 0 unspecified atom stereocenters. The van der Waals surface area contributed by atoms with Gasteiger partial charge in [0.25, 0.3) is 5.91 Å². The molecule has 0 aliphatic carbocycles. The molecular weight excluding hydrogens is 276 g/mol. The number of amides is 1. The van der Waals surface area contributed by atoms with E-state index in [2.05, 4.69) is 21.8 Å². The van der Waals surface area contributed by atoms with Crippen molar-refractivity contribution in [1.29, 1.82) is 0 Å². The van der Waals surface area contributed by atoms with Gasteiger partial charge in [0.1, 0.15) is 5.69 Å². The van der Waals surface area contributed by atoms with Crippen LogP contribution in [0.4, 0.5) is 0 Å². The first-order chi connectivity index (χ1) is 10.7. The molecule has 5 heteroatoms. The van der Waals surface area contributed by atoms with Gasteiger partial charge in [0.15, 0.2) is 0 Å². The number of primary amides is 1. The number of nitrogens with two attached hydrogens (primary N) is 1. The third-order valence-electron chi connectivity index (χ3n) is 4.60. The van der Waals surface area contributed by atoms with Crippen LogP contribution in [0.25, 0.3) is 10.9 Å². The molecule has 1 aliphatic rings. The standard InChI is InChI=1S/C17H24N4O/c1-2-3-4-13-14-11-20-10-7-15(14)21(16(13)17(18)22)12-5-8-19-9-6-12/h7,10-12,19H,2-6,8-9H2,1H3,(H2,18,22). The van der Waals surface area contributed by atoms with Gasteiger partial charge < -0.3 is 15.6 Å². The minimum atomic E-state index is -0.319. The van der Waals surface area contributed by atoms with Gasteiger partial charge in [0, 0.05) is 23.8 Å². The van der Waals surface area contributed by atoms with Gasteiger partial charge in [-0.25, -0.2) is 0 Å². The summed E-state index contributed by atoms with van der Waals surface area (Å²) in [4.78, 5) is 16.4. The van der Waals surface area contributed by atoms with Crippen molar-refractivity contribution in [1.82, 2.24) is 14.9 Å². The van der Waals surface area contributed by atoms with E-state index in [0.29, 0.717) is 11.7 Å². The Bertz CT molecular complexity index is 671. The number of aromatic nitrogens is 2. The molecule has 0 aromatic carbocycles. The molecule has 1 aliphatic heterocycles. The predicted molar refractivity (Wildman–Crippen MR) is 88.0 cm³/mol. The second kappa shape index (κ2) is 6.48. The lowest BCUT2D eigenvalue weighted by molar-refractivity contribution is 0.0987. The van der Waals surface area contributed by atoms with E-state index < -0.39 is 0 Å². The fourth-order valence-corrected chi connectivity index (χ4v) is 3.54. The number of carbonyl (C=O) groups is 1. The van der Waals surface area contributed by atoms with Crippen LogP contribution >= 0.6 is 0 Å². The molecule has 0 bridgehead atoms. The maximum atomic E-state index is 12.2. The average Bonchev–Trinajstić information content (AvgIpc) is 2.88. The van der Waals surface area contributed by atoms with E-state index in [0.717, 1.165) is 61.7 Å². The van der Waals surface area contributed by atoms with Gasteiger partial charge in [-0.15, -0.1) is 0 Å². The van der Waals surface area contributed by atoms with E-state index in [4.69, 9.17) is 5.73 Å². The SMILES string of the molecule is CCCCc1c(C(N)=O)n(C2CCNCC2)c2ccncc12. The highest BCUT2D eigenvalue weighted by molar-refractivity contribution is 6.00. The van der Waals surface area contributed by atoms with Crippen LogP contribution < -0.4 is 11.1 Å². The number of nitrogens with zero attached hydrogens (tertiary/aromatic N) is 2. The van der Waals surface area contributed by atoms with Crippen LogP contribution in [-0.2, 0) is 6.42 Å². The van der Waals surface area contributed by atoms with Crippen molar-refractivity contribution in [2.45, 2.75) is 45.1 Å². The number of carbonyl (C=O) groups excluding carboxylic acids is 1. The van der Waals surface area contributed by atoms with Gasteiger partial charge in [-0.2, -0.15) is 0 Å². The number of rotatable bonds is 5. The second-order valence-electron chi connectivity index (χ2n) is 6.04. The van der Waals surface area contributed by atoms with Crippen LogP contribution in [0.2, 0.25) is 0 Å². The number of pyridine rings is 1. The van der Waals surface area contributed by atoms with E-state index in [1.54, 1.807) is 6.20 Å². The predicted octanol–water partition coefficient (Wildman–Crippen LogP) is 2.40. The lowest BCUT2D eigenvalue weighted by Gasteiger charge is -2.26. The maximum Gasteiger partial charge on any atom is 0.265 e. The molecule has 0 radical (unpaired) electrons. The molecule has 0 spiro atoms. The molecule has 0 atom stereocenters. The number of piperidine rings is 1. The van der Waals surface area contributed by atoms with Gasteiger partial charge >= 0.3 is 0 Å². The normalized spacial score (nSPS) is 16.2. The zero-order chi connectivity index (χ0) is 15.5. The van der Waals surface area contributed by atoms with Gasteiger partial charge in [0.05, 0.1) is 5.52 Å². The second-order valence-corrected chi connectivity index (χ2v) is 6.04. The number of nitrogens with one attached hydrogen (secondary N) is 1.